The number of hydrogen-bond donors (Lipinski definition) is 1. The third-order valence-electron chi connectivity index (χ3n) is 2.63. The molecule has 0 spiro atoms. The lowest BCUT2D eigenvalue weighted by atomic mass is 10.2. The molecule has 2 aromatic carbocycles. The normalized spacial score (nSPS) is 10.7. The molecule has 0 saturated carbocycles. The molecular weight excluding hydrogens is 266 g/mol. The van der Waals surface area contributed by atoms with E-state index in [1.165, 1.54) is 17.4 Å². The quantitative estimate of drug-likeness (QED) is 0.821. The Morgan fingerprint density at radius 1 is 1.10 bits per heavy atom. The summed E-state index contributed by atoms with van der Waals surface area (Å²) in [6.45, 7) is 1.51. The molecule has 2 rings (SSSR count). The minimum absolute atomic E-state index is 0.0452. The summed E-state index contributed by atoms with van der Waals surface area (Å²) in [6.07, 6.45) is 4.28. The zero-order valence-corrected chi connectivity index (χ0v) is 12.2. The Morgan fingerprint density at radius 2 is 1.80 bits per heavy atom. The predicted molar refractivity (Wildman–Crippen MR) is 86.9 cm³/mol. The number of anilines is 1. The van der Waals surface area contributed by atoms with E-state index in [2.05, 4.69) is 29.6 Å². The van der Waals surface area contributed by atoms with Crippen LogP contribution in [0.25, 0.3) is 6.08 Å². The highest BCUT2D eigenvalue weighted by Gasteiger charge is 1.96. The summed E-state index contributed by atoms with van der Waals surface area (Å²) in [5, 5.41) is 2.76. The van der Waals surface area contributed by atoms with Gasteiger partial charge in [-0.05, 0) is 29.8 Å². The lowest BCUT2D eigenvalue weighted by Crippen LogP contribution is -2.05. The number of rotatable bonds is 5. The number of thioether (sulfide) groups is 1. The minimum atomic E-state index is -0.0452. The topological polar surface area (TPSA) is 29.1 Å². The average molecular weight is 283 g/mol. The van der Waals surface area contributed by atoms with Crippen LogP contribution in [0.1, 0.15) is 12.5 Å². The van der Waals surface area contributed by atoms with Gasteiger partial charge in [0, 0.05) is 23.3 Å². The predicted octanol–water partition coefficient (Wildman–Crippen LogP) is 4.45. The average Bonchev–Trinajstić information content (AvgIpc) is 2.46. The molecule has 1 N–H and O–H groups in total. The number of hydrogen-bond acceptors (Lipinski definition) is 2. The summed E-state index contributed by atoms with van der Waals surface area (Å²) in [5.74, 6) is 0.880. The summed E-state index contributed by atoms with van der Waals surface area (Å²) in [4.78, 5) is 12.1. The fourth-order valence-corrected chi connectivity index (χ4v) is 2.44. The lowest BCUT2D eigenvalue weighted by molar-refractivity contribution is -0.114. The van der Waals surface area contributed by atoms with Crippen molar-refractivity contribution in [3.8, 4) is 0 Å². The van der Waals surface area contributed by atoms with Crippen molar-refractivity contribution in [2.45, 2.75) is 11.8 Å². The van der Waals surface area contributed by atoms with E-state index in [9.17, 15) is 4.79 Å². The molecule has 0 atom stereocenters. The van der Waals surface area contributed by atoms with Gasteiger partial charge in [0.25, 0.3) is 0 Å². The van der Waals surface area contributed by atoms with Crippen LogP contribution in [0.2, 0.25) is 0 Å². The van der Waals surface area contributed by atoms with Crippen LogP contribution in [0.4, 0.5) is 5.69 Å². The highest BCUT2D eigenvalue weighted by atomic mass is 32.2. The molecule has 0 bridgehead atoms. The molecule has 0 aliphatic carbocycles. The summed E-state index contributed by atoms with van der Waals surface area (Å²) in [7, 11) is 0. The van der Waals surface area contributed by atoms with E-state index in [1.54, 1.807) is 11.8 Å². The lowest BCUT2D eigenvalue weighted by Gasteiger charge is -2.03. The minimum Gasteiger partial charge on any atom is -0.326 e. The fraction of sp³-hybridized carbons (Fsp3) is 0.118. The van der Waals surface area contributed by atoms with Crippen molar-refractivity contribution < 1.29 is 4.79 Å². The Kier molecular flexibility index (Phi) is 5.44. The monoisotopic (exact) mass is 283 g/mol. The molecule has 0 aliphatic rings. The highest BCUT2D eigenvalue weighted by molar-refractivity contribution is 7.99. The molecule has 102 valence electrons. The number of amides is 1. The van der Waals surface area contributed by atoms with E-state index < -0.39 is 0 Å². The molecule has 0 aliphatic heterocycles. The van der Waals surface area contributed by atoms with Crippen molar-refractivity contribution in [3.05, 3.63) is 66.2 Å². The summed E-state index contributed by atoms with van der Waals surface area (Å²) in [5.41, 5.74) is 2.05. The zero-order chi connectivity index (χ0) is 14.2. The first-order valence-corrected chi connectivity index (χ1v) is 7.44. The first kappa shape index (κ1) is 14.4. The van der Waals surface area contributed by atoms with Gasteiger partial charge in [0.2, 0.25) is 5.91 Å². The Balaban J connectivity index is 1.82. The molecule has 0 radical (unpaired) electrons. The maximum absolute atomic E-state index is 10.9. The van der Waals surface area contributed by atoms with Gasteiger partial charge in [0.15, 0.2) is 0 Å². The molecule has 0 aromatic heterocycles. The molecule has 0 heterocycles. The third kappa shape index (κ3) is 4.94. The van der Waals surface area contributed by atoms with Crippen LogP contribution in [0.3, 0.4) is 0 Å². The third-order valence-corrected chi connectivity index (χ3v) is 3.60. The molecule has 0 fully saturated rings. The number of benzene rings is 2. The molecule has 1 amide bonds. The van der Waals surface area contributed by atoms with Crippen LogP contribution >= 0.6 is 11.8 Å². The molecule has 20 heavy (non-hydrogen) atoms. The van der Waals surface area contributed by atoms with Gasteiger partial charge in [-0.3, -0.25) is 4.79 Å². The van der Waals surface area contributed by atoms with Crippen LogP contribution < -0.4 is 5.32 Å². The second-order valence-electron chi connectivity index (χ2n) is 4.33. The number of carbonyl (C=O) groups is 1. The zero-order valence-electron chi connectivity index (χ0n) is 11.4. The molecule has 3 heteroatoms. The molecule has 2 aromatic rings. The highest BCUT2D eigenvalue weighted by Crippen LogP contribution is 2.20. The maximum atomic E-state index is 10.9. The van der Waals surface area contributed by atoms with E-state index in [1.807, 2.05) is 42.5 Å². The number of carbonyl (C=O) groups excluding carboxylic acids is 1. The number of nitrogens with one attached hydrogen (secondary N) is 1. The van der Waals surface area contributed by atoms with Crippen molar-refractivity contribution in [1.29, 1.82) is 0 Å². The SMILES string of the molecule is CC(=O)Nc1ccc(SCC=Cc2ccccc2)cc1. The van der Waals surface area contributed by atoms with Crippen LogP contribution in [0.5, 0.6) is 0 Å². The maximum Gasteiger partial charge on any atom is 0.221 e. The van der Waals surface area contributed by atoms with Crippen molar-refractivity contribution in [2.24, 2.45) is 0 Å². The Bertz CT molecular complexity index is 576. The second kappa shape index (κ2) is 7.56. The van der Waals surface area contributed by atoms with Crippen molar-refractivity contribution in [2.75, 3.05) is 11.1 Å². The van der Waals surface area contributed by atoms with Crippen molar-refractivity contribution >= 4 is 29.4 Å². The summed E-state index contributed by atoms with van der Waals surface area (Å²) < 4.78 is 0. The van der Waals surface area contributed by atoms with Crippen LogP contribution in [0.15, 0.2) is 65.6 Å². The fourth-order valence-electron chi connectivity index (χ4n) is 1.73. The first-order chi connectivity index (χ1) is 9.74. The van der Waals surface area contributed by atoms with Crippen molar-refractivity contribution in [3.63, 3.8) is 0 Å². The van der Waals surface area contributed by atoms with Crippen LogP contribution in [-0.4, -0.2) is 11.7 Å². The van der Waals surface area contributed by atoms with Crippen LogP contribution in [0, 0.1) is 0 Å². The van der Waals surface area contributed by atoms with Gasteiger partial charge in [-0.2, -0.15) is 0 Å². The smallest absolute Gasteiger partial charge is 0.221 e. The van der Waals surface area contributed by atoms with E-state index >= 15 is 0 Å². The molecule has 0 saturated heterocycles. The Labute approximate surface area is 123 Å². The van der Waals surface area contributed by atoms with Gasteiger partial charge in [0.1, 0.15) is 0 Å². The van der Waals surface area contributed by atoms with Gasteiger partial charge < -0.3 is 5.32 Å². The van der Waals surface area contributed by atoms with Crippen molar-refractivity contribution in [1.82, 2.24) is 0 Å². The molecular formula is C17H17NOS. The van der Waals surface area contributed by atoms with E-state index in [4.69, 9.17) is 0 Å². The van der Waals surface area contributed by atoms with E-state index in [0.29, 0.717) is 0 Å². The standard InChI is InChI=1S/C17H17NOS/c1-14(19)18-16-9-11-17(12-10-16)20-13-5-8-15-6-3-2-4-7-15/h2-12H,13H2,1H3,(H,18,19). The summed E-state index contributed by atoms with van der Waals surface area (Å²) in [6, 6.07) is 18.1. The van der Waals surface area contributed by atoms with Crippen LogP contribution in [-0.2, 0) is 4.79 Å². The summed E-state index contributed by atoms with van der Waals surface area (Å²) >= 11 is 1.77. The van der Waals surface area contributed by atoms with E-state index in [-0.39, 0.29) is 5.91 Å². The van der Waals surface area contributed by atoms with Gasteiger partial charge in [-0.1, -0.05) is 42.5 Å². The van der Waals surface area contributed by atoms with Gasteiger partial charge >= 0.3 is 0 Å². The Hall–Kier alpha value is -2.00. The largest absolute Gasteiger partial charge is 0.326 e. The molecule has 0 unspecified atom stereocenters. The van der Waals surface area contributed by atoms with E-state index in [0.717, 1.165) is 11.4 Å². The van der Waals surface area contributed by atoms with Gasteiger partial charge in [-0.25, -0.2) is 0 Å². The first-order valence-electron chi connectivity index (χ1n) is 6.46. The second-order valence-corrected chi connectivity index (χ2v) is 5.42. The molecule has 2 nitrogen and oxygen atoms in total. The van der Waals surface area contributed by atoms with Gasteiger partial charge in [0.05, 0.1) is 0 Å². The van der Waals surface area contributed by atoms with Gasteiger partial charge in [-0.15, -0.1) is 11.8 Å². The Morgan fingerprint density at radius 3 is 2.45 bits per heavy atom.